The molecule has 4 aliphatic carbocycles. The number of carbonyl (C=O) groups excluding carboxylic acids is 2. The first kappa shape index (κ1) is 20.7. The Labute approximate surface area is 189 Å². The van der Waals surface area contributed by atoms with Crippen LogP contribution in [0.2, 0.25) is 0 Å². The second-order valence-electron chi connectivity index (χ2n) is 12.1. The van der Waals surface area contributed by atoms with E-state index in [4.69, 9.17) is 13.9 Å². The number of hydrogen-bond acceptors (Lipinski definition) is 5. The number of methoxy groups -OCH3 is 1. The summed E-state index contributed by atoms with van der Waals surface area (Å²) < 4.78 is 17.9. The molecule has 1 spiro atoms. The van der Waals surface area contributed by atoms with Gasteiger partial charge in [-0.05, 0) is 80.9 Å². The Morgan fingerprint density at radius 1 is 1.09 bits per heavy atom. The van der Waals surface area contributed by atoms with Crippen LogP contribution >= 0.6 is 0 Å². The van der Waals surface area contributed by atoms with Gasteiger partial charge in [0.15, 0.2) is 5.76 Å². The molecule has 0 bridgehead atoms. The molecule has 1 aromatic rings. The van der Waals surface area contributed by atoms with Crippen LogP contribution in [0.25, 0.3) is 0 Å². The van der Waals surface area contributed by atoms with Crippen LogP contribution in [0.4, 0.5) is 0 Å². The molecule has 0 N–H and O–H groups in total. The minimum atomic E-state index is -0.688. The maximum Gasteiger partial charge on any atom is 0.206 e. The molecule has 6 rings (SSSR count). The number of allylic oxidation sites excluding steroid dienone is 2. The molecule has 5 aliphatic rings. The standard InChI is InChI=1S/C27H34O5/c1-23(2)18(28)8-10-24(3)17-7-11-25(4)16(15-9-12-31-14-15)13-19-27(25,32-19)26(17,5)22(29)20(30-6)21(23)24/h9,12,14,16-17,19H,7-8,10-11,13H2,1-6H3/t16-,17+,19+,24+,25-,26-,27+/m0/s1. The van der Waals surface area contributed by atoms with Crippen molar-refractivity contribution in [2.45, 2.75) is 84.3 Å². The minimum Gasteiger partial charge on any atom is -0.493 e. The van der Waals surface area contributed by atoms with Crippen molar-refractivity contribution in [3.63, 3.8) is 0 Å². The van der Waals surface area contributed by atoms with Crippen LogP contribution in [0.5, 0.6) is 0 Å². The first-order valence-corrected chi connectivity index (χ1v) is 12.1. The molecule has 3 saturated carbocycles. The van der Waals surface area contributed by atoms with E-state index in [0.717, 1.165) is 31.3 Å². The van der Waals surface area contributed by atoms with Crippen LogP contribution in [0.3, 0.4) is 0 Å². The average molecular weight is 439 g/mol. The highest BCUT2D eigenvalue weighted by Gasteiger charge is 2.87. The molecule has 0 amide bonds. The van der Waals surface area contributed by atoms with Gasteiger partial charge in [0, 0.05) is 17.3 Å². The Kier molecular flexibility index (Phi) is 3.74. The normalized spacial score (nSPS) is 48.6. The molecule has 1 aromatic heterocycles. The third-order valence-electron chi connectivity index (χ3n) is 10.8. The smallest absolute Gasteiger partial charge is 0.206 e. The number of hydrogen-bond donors (Lipinski definition) is 0. The quantitative estimate of drug-likeness (QED) is 0.593. The van der Waals surface area contributed by atoms with Crippen molar-refractivity contribution < 1.29 is 23.5 Å². The number of furan rings is 1. The fourth-order valence-electron chi connectivity index (χ4n) is 9.40. The van der Waals surface area contributed by atoms with Crippen molar-refractivity contribution in [2.75, 3.05) is 7.11 Å². The summed E-state index contributed by atoms with van der Waals surface area (Å²) in [4.78, 5) is 27.4. The maximum absolute atomic E-state index is 14.4. The van der Waals surface area contributed by atoms with E-state index >= 15 is 0 Å². The topological polar surface area (TPSA) is 69.0 Å². The van der Waals surface area contributed by atoms with Crippen molar-refractivity contribution in [1.29, 1.82) is 0 Å². The summed E-state index contributed by atoms with van der Waals surface area (Å²) in [5.41, 5.74) is -0.118. The molecule has 4 fully saturated rings. The highest BCUT2D eigenvalue weighted by molar-refractivity contribution is 6.04. The van der Waals surface area contributed by atoms with E-state index in [1.54, 1.807) is 13.4 Å². The zero-order valence-corrected chi connectivity index (χ0v) is 20.0. The summed E-state index contributed by atoms with van der Waals surface area (Å²) in [6.45, 7) is 10.7. The summed E-state index contributed by atoms with van der Waals surface area (Å²) in [5, 5.41) is 0. The van der Waals surface area contributed by atoms with Gasteiger partial charge >= 0.3 is 0 Å². The SMILES string of the molecule is COC1=C2C(C)(C)C(=O)CC[C@]2(C)[C@H]2CC[C@@]3(C)[C@H](c4ccoc4)C[C@H]4O[C@]43[C@]2(C)C1=O. The van der Waals surface area contributed by atoms with Crippen LogP contribution in [0.15, 0.2) is 34.3 Å². The number of ether oxygens (including phenoxy) is 2. The fraction of sp³-hybridized carbons (Fsp3) is 0.704. The molecule has 5 nitrogen and oxygen atoms in total. The van der Waals surface area contributed by atoms with Crippen molar-refractivity contribution in [2.24, 2.45) is 27.6 Å². The third-order valence-corrected chi connectivity index (χ3v) is 10.8. The van der Waals surface area contributed by atoms with Crippen molar-refractivity contribution >= 4 is 11.6 Å². The Balaban J connectivity index is 1.57. The summed E-state index contributed by atoms with van der Waals surface area (Å²) in [6.07, 6.45) is 7.88. The Hall–Kier alpha value is -1.88. The molecule has 32 heavy (non-hydrogen) atoms. The van der Waals surface area contributed by atoms with Crippen molar-refractivity contribution in [3.05, 3.63) is 35.5 Å². The van der Waals surface area contributed by atoms with Crippen molar-refractivity contribution in [1.82, 2.24) is 0 Å². The lowest BCUT2D eigenvalue weighted by Crippen LogP contribution is -2.67. The zero-order chi connectivity index (χ0) is 22.9. The van der Waals surface area contributed by atoms with Gasteiger partial charge in [0.25, 0.3) is 0 Å². The van der Waals surface area contributed by atoms with Crippen molar-refractivity contribution in [3.8, 4) is 0 Å². The summed E-state index contributed by atoms with van der Waals surface area (Å²) in [6, 6.07) is 2.07. The van der Waals surface area contributed by atoms with Crippen LogP contribution in [-0.2, 0) is 19.1 Å². The van der Waals surface area contributed by atoms with Gasteiger partial charge in [0.1, 0.15) is 11.4 Å². The number of ketones is 2. The lowest BCUT2D eigenvalue weighted by molar-refractivity contribution is -0.169. The predicted octanol–water partition coefficient (Wildman–Crippen LogP) is 5.21. The summed E-state index contributed by atoms with van der Waals surface area (Å²) in [7, 11) is 1.59. The van der Waals surface area contributed by atoms with E-state index in [1.165, 1.54) is 5.56 Å². The number of carbonyl (C=O) groups is 2. The van der Waals surface area contributed by atoms with E-state index in [1.807, 2.05) is 20.1 Å². The van der Waals surface area contributed by atoms with Crippen LogP contribution in [0, 0.1) is 27.6 Å². The Morgan fingerprint density at radius 3 is 2.50 bits per heavy atom. The van der Waals surface area contributed by atoms with Gasteiger partial charge in [-0.3, -0.25) is 9.59 Å². The summed E-state index contributed by atoms with van der Waals surface area (Å²) >= 11 is 0. The van der Waals surface area contributed by atoms with E-state index in [9.17, 15) is 9.59 Å². The molecule has 7 atom stereocenters. The van der Waals surface area contributed by atoms with Gasteiger partial charge in [0.05, 0.1) is 31.2 Å². The molecule has 172 valence electrons. The second-order valence-corrected chi connectivity index (χ2v) is 12.1. The van der Waals surface area contributed by atoms with E-state index in [0.29, 0.717) is 18.1 Å². The predicted molar refractivity (Wildman–Crippen MR) is 118 cm³/mol. The van der Waals surface area contributed by atoms with E-state index in [-0.39, 0.29) is 34.4 Å². The third kappa shape index (κ3) is 1.91. The van der Waals surface area contributed by atoms with Gasteiger partial charge in [-0.2, -0.15) is 0 Å². The van der Waals surface area contributed by atoms with Gasteiger partial charge in [-0.1, -0.05) is 13.8 Å². The maximum atomic E-state index is 14.4. The van der Waals surface area contributed by atoms with Gasteiger partial charge in [-0.25, -0.2) is 0 Å². The molecule has 0 aromatic carbocycles. The average Bonchev–Trinajstić information content (AvgIpc) is 3.11. The Bertz CT molecular complexity index is 1070. The molecule has 0 radical (unpaired) electrons. The number of epoxide rings is 1. The highest BCUT2D eigenvalue weighted by Crippen LogP contribution is 2.81. The lowest BCUT2D eigenvalue weighted by Gasteiger charge is -2.63. The van der Waals surface area contributed by atoms with Gasteiger partial charge in [0.2, 0.25) is 5.78 Å². The molecular formula is C27H34O5. The van der Waals surface area contributed by atoms with Crippen LogP contribution < -0.4 is 0 Å². The van der Waals surface area contributed by atoms with Gasteiger partial charge in [-0.15, -0.1) is 0 Å². The largest absolute Gasteiger partial charge is 0.493 e. The molecule has 2 heterocycles. The molecule has 1 saturated heterocycles. The second kappa shape index (κ2) is 5.78. The molecular weight excluding hydrogens is 404 g/mol. The highest BCUT2D eigenvalue weighted by atomic mass is 16.6. The molecule has 5 heteroatoms. The van der Waals surface area contributed by atoms with Crippen LogP contribution in [0.1, 0.15) is 78.2 Å². The first-order valence-electron chi connectivity index (χ1n) is 12.1. The lowest BCUT2D eigenvalue weighted by atomic mass is 9.38. The molecule has 0 unspecified atom stereocenters. The van der Waals surface area contributed by atoms with Crippen LogP contribution in [-0.4, -0.2) is 30.4 Å². The van der Waals surface area contributed by atoms with Gasteiger partial charge < -0.3 is 13.9 Å². The number of rotatable bonds is 2. The minimum absolute atomic E-state index is 0.0431. The Morgan fingerprint density at radius 2 is 1.84 bits per heavy atom. The number of Topliss-reactive ketones (excluding diaryl/α,β-unsaturated/α-hetero) is 2. The fourth-order valence-corrected chi connectivity index (χ4v) is 9.40. The monoisotopic (exact) mass is 438 g/mol. The molecule has 1 aliphatic heterocycles. The first-order chi connectivity index (χ1) is 15.0. The number of fused-ring (bicyclic) bond motifs is 3. The zero-order valence-electron chi connectivity index (χ0n) is 20.0. The van der Waals surface area contributed by atoms with E-state index in [2.05, 4.69) is 26.8 Å². The summed E-state index contributed by atoms with van der Waals surface area (Å²) in [5.74, 6) is 1.12. The van der Waals surface area contributed by atoms with E-state index < -0.39 is 16.4 Å².